The van der Waals surface area contributed by atoms with Gasteiger partial charge in [-0.3, -0.25) is 9.79 Å². The lowest BCUT2D eigenvalue weighted by molar-refractivity contribution is -0.123. The number of aliphatic imine (C=N–C) groups is 1. The van der Waals surface area contributed by atoms with Gasteiger partial charge in [-0.05, 0) is 30.4 Å². The number of carbonyl (C=O) groups is 1. The summed E-state index contributed by atoms with van der Waals surface area (Å²) < 4.78 is 5.80. The average molecular weight is 416 g/mol. The molecule has 5 heteroatoms. The van der Waals surface area contributed by atoms with Crippen molar-refractivity contribution in [2.24, 2.45) is 4.99 Å². The number of ketones is 1. The first-order valence-corrected chi connectivity index (χ1v) is 10.3. The Morgan fingerprint density at radius 3 is 2.29 bits per heavy atom. The Balaban J connectivity index is 1.60. The van der Waals surface area contributed by atoms with Gasteiger partial charge < -0.3 is 4.74 Å². The molecule has 0 N–H and O–H groups in total. The number of rotatable bonds is 9. The Hall–Kier alpha value is -1.94. The maximum atomic E-state index is 12.9. The van der Waals surface area contributed by atoms with Gasteiger partial charge in [0.2, 0.25) is 0 Å². The fraction of sp³-hybridized carbons (Fsp3) is 0.304. The number of carbonyl (C=O) groups excluding carboxylic acids is 1. The largest absolute Gasteiger partial charge is 0.360 e. The third-order valence-electron chi connectivity index (χ3n) is 4.68. The first-order chi connectivity index (χ1) is 13.7. The van der Waals surface area contributed by atoms with Crippen LogP contribution in [-0.4, -0.2) is 29.4 Å². The topological polar surface area (TPSA) is 38.7 Å². The molecule has 28 heavy (non-hydrogen) atoms. The molecule has 2 aromatic carbocycles. The molecule has 2 atom stereocenters. The highest BCUT2D eigenvalue weighted by molar-refractivity contribution is 6.22. The summed E-state index contributed by atoms with van der Waals surface area (Å²) in [6, 6.07) is 19.9. The molecular weight excluding hydrogens is 393 g/mol. The van der Waals surface area contributed by atoms with Gasteiger partial charge in [0.05, 0.1) is 18.2 Å². The number of ether oxygens (including phenoxy) is 1. The van der Waals surface area contributed by atoms with E-state index in [0.29, 0.717) is 24.3 Å². The molecule has 0 aliphatic carbocycles. The molecule has 146 valence electrons. The van der Waals surface area contributed by atoms with Crippen molar-refractivity contribution in [3.05, 3.63) is 83.1 Å². The van der Waals surface area contributed by atoms with Crippen molar-refractivity contribution in [3.63, 3.8) is 0 Å². The Kier molecular flexibility index (Phi) is 7.84. The van der Waals surface area contributed by atoms with Gasteiger partial charge in [0.15, 0.2) is 11.9 Å². The molecular formula is C23H23Cl2NO2. The van der Waals surface area contributed by atoms with Crippen molar-refractivity contribution in [1.29, 1.82) is 0 Å². The highest BCUT2D eigenvalue weighted by Crippen LogP contribution is 2.26. The van der Waals surface area contributed by atoms with Crippen molar-refractivity contribution in [2.45, 2.75) is 37.4 Å². The van der Waals surface area contributed by atoms with Crippen molar-refractivity contribution < 1.29 is 9.53 Å². The van der Waals surface area contributed by atoms with E-state index in [4.69, 9.17) is 27.9 Å². The molecule has 0 bridgehead atoms. The van der Waals surface area contributed by atoms with E-state index in [0.717, 1.165) is 18.4 Å². The number of hydrogen-bond acceptors (Lipinski definition) is 3. The first kappa shape index (κ1) is 20.8. The number of allylic oxidation sites excluding steroid dienone is 1. The summed E-state index contributed by atoms with van der Waals surface area (Å²) in [5, 5.41) is -0.166. The first-order valence-electron chi connectivity index (χ1n) is 9.37. The van der Waals surface area contributed by atoms with Crippen molar-refractivity contribution in [1.82, 2.24) is 0 Å². The SMILES string of the molecule is O=C1C(CC(Cl)CCc2ccccc2)=C(CCl)N=CC1OCc1ccccc1. The highest BCUT2D eigenvalue weighted by atomic mass is 35.5. The maximum absolute atomic E-state index is 12.9. The lowest BCUT2D eigenvalue weighted by Gasteiger charge is -2.22. The van der Waals surface area contributed by atoms with Crippen LogP contribution in [-0.2, 0) is 22.6 Å². The van der Waals surface area contributed by atoms with Crippen LogP contribution < -0.4 is 0 Å². The molecule has 0 saturated carbocycles. The molecule has 0 fully saturated rings. The van der Waals surface area contributed by atoms with Crippen LogP contribution in [0.15, 0.2) is 76.9 Å². The monoisotopic (exact) mass is 415 g/mol. The molecule has 0 saturated heterocycles. The Bertz CT molecular complexity index is 834. The van der Waals surface area contributed by atoms with Crippen LogP contribution in [0.25, 0.3) is 0 Å². The van der Waals surface area contributed by atoms with Crippen LogP contribution in [0.3, 0.4) is 0 Å². The Labute approximate surface area is 176 Å². The summed E-state index contributed by atoms with van der Waals surface area (Å²) in [7, 11) is 0. The van der Waals surface area contributed by atoms with Crippen molar-refractivity contribution in [3.8, 4) is 0 Å². The van der Waals surface area contributed by atoms with E-state index in [1.54, 1.807) is 6.21 Å². The molecule has 1 aliphatic rings. The summed E-state index contributed by atoms with van der Waals surface area (Å²) >= 11 is 12.6. The number of nitrogens with zero attached hydrogens (tertiary/aromatic N) is 1. The summed E-state index contributed by atoms with van der Waals surface area (Å²) in [6.07, 6.45) is 2.93. The molecule has 1 aliphatic heterocycles. The normalized spacial score (nSPS) is 17.8. The van der Waals surface area contributed by atoms with Gasteiger partial charge in [0.25, 0.3) is 0 Å². The third kappa shape index (κ3) is 5.78. The summed E-state index contributed by atoms with van der Waals surface area (Å²) in [4.78, 5) is 17.3. The average Bonchev–Trinajstić information content (AvgIpc) is 2.74. The lowest BCUT2D eigenvalue weighted by Crippen LogP contribution is -2.32. The van der Waals surface area contributed by atoms with E-state index in [1.165, 1.54) is 5.56 Å². The second kappa shape index (κ2) is 10.6. The van der Waals surface area contributed by atoms with Crippen LogP contribution in [0.1, 0.15) is 24.0 Å². The third-order valence-corrected chi connectivity index (χ3v) is 5.31. The van der Waals surface area contributed by atoms with Crippen LogP contribution in [0.5, 0.6) is 0 Å². The van der Waals surface area contributed by atoms with Crippen LogP contribution in [0.4, 0.5) is 0 Å². The second-order valence-corrected chi connectivity index (χ2v) is 7.63. The molecule has 1 heterocycles. The number of aryl methyl sites for hydroxylation is 1. The standard InChI is InChI=1S/C23H23Cl2NO2/c24-14-21-20(13-19(25)12-11-17-7-3-1-4-8-17)23(27)22(15-26-21)28-16-18-9-5-2-6-10-18/h1-10,15,19,22H,11-14,16H2. The number of benzene rings is 2. The highest BCUT2D eigenvalue weighted by Gasteiger charge is 2.29. The maximum Gasteiger partial charge on any atom is 0.194 e. The molecule has 0 spiro atoms. The smallest absolute Gasteiger partial charge is 0.194 e. The van der Waals surface area contributed by atoms with Gasteiger partial charge in [-0.25, -0.2) is 0 Å². The van der Waals surface area contributed by atoms with Crippen LogP contribution in [0, 0.1) is 0 Å². The molecule has 3 rings (SSSR count). The zero-order valence-corrected chi connectivity index (χ0v) is 17.1. The van der Waals surface area contributed by atoms with Crippen molar-refractivity contribution in [2.75, 3.05) is 5.88 Å². The van der Waals surface area contributed by atoms with E-state index in [9.17, 15) is 4.79 Å². The summed E-state index contributed by atoms with van der Waals surface area (Å²) in [5.74, 6) is 0.0950. The van der Waals surface area contributed by atoms with Crippen LogP contribution >= 0.6 is 23.2 Å². The Morgan fingerprint density at radius 1 is 1.00 bits per heavy atom. The molecule has 0 radical (unpaired) electrons. The molecule has 2 aromatic rings. The lowest BCUT2D eigenvalue weighted by atomic mass is 9.95. The van der Waals surface area contributed by atoms with Crippen molar-refractivity contribution >= 4 is 35.2 Å². The van der Waals surface area contributed by atoms with E-state index >= 15 is 0 Å². The molecule has 2 unspecified atom stereocenters. The predicted molar refractivity (Wildman–Crippen MR) is 115 cm³/mol. The number of halogens is 2. The van der Waals surface area contributed by atoms with E-state index in [1.807, 2.05) is 48.5 Å². The molecule has 0 aromatic heterocycles. The predicted octanol–water partition coefficient (Wildman–Crippen LogP) is 5.35. The number of alkyl halides is 2. The fourth-order valence-corrected chi connectivity index (χ4v) is 3.61. The number of Topliss-reactive ketones (excluding diaryl/α,β-unsaturated/α-hetero) is 1. The Morgan fingerprint density at radius 2 is 1.64 bits per heavy atom. The minimum Gasteiger partial charge on any atom is -0.360 e. The zero-order chi connectivity index (χ0) is 19.8. The number of hydrogen-bond donors (Lipinski definition) is 0. The van der Waals surface area contributed by atoms with E-state index < -0.39 is 6.10 Å². The van der Waals surface area contributed by atoms with E-state index in [-0.39, 0.29) is 17.0 Å². The van der Waals surface area contributed by atoms with Gasteiger partial charge >= 0.3 is 0 Å². The zero-order valence-electron chi connectivity index (χ0n) is 15.6. The van der Waals surface area contributed by atoms with Gasteiger partial charge in [-0.1, -0.05) is 60.7 Å². The molecule has 0 amide bonds. The summed E-state index contributed by atoms with van der Waals surface area (Å²) in [5.41, 5.74) is 3.42. The van der Waals surface area contributed by atoms with Gasteiger partial charge in [-0.2, -0.15) is 0 Å². The summed E-state index contributed by atoms with van der Waals surface area (Å²) in [6.45, 7) is 0.352. The quantitative estimate of drug-likeness (QED) is 0.517. The van der Waals surface area contributed by atoms with E-state index in [2.05, 4.69) is 17.1 Å². The van der Waals surface area contributed by atoms with Gasteiger partial charge in [0, 0.05) is 17.2 Å². The minimum absolute atomic E-state index is 0.0908. The van der Waals surface area contributed by atoms with Crippen LogP contribution in [0.2, 0.25) is 0 Å². The molecule has 3 nitrogen and oxygen atoms in total. The van der Waals surface area contributed by atoms with Gasteiger partial charge in [0.1, 0.15) is 0 Å². The second-order valence-electron chi connectivity index (χ2n) is 6.74. The van der Waals surface area contributed by atoms with Gasteiger partial charge in [-0.15, -0.1) is 23.2 Å². The fourth-order valence-electron chi connectivity index (χ4n) is 3.12. The minimum atomic E-state index is -0.694.